The van der Waals surface area contributed by atoms with Gasteiger partial charge in [0.05, 0.1) is 0 Å². The average molecular weight is 919 g/mol. The summed E-state index contributed by atoms with van der Waals surface area (Å²) in [5, 5.41) is 4.43. The van der Waals surface area contributed by atoms with Crippen LogP contribution in [0, 0.1) is 10.7 Å². The van der Waals surface area contributed by atoms with Crippen LogP contribution in [0.4, 0.5) is 11.5 Å². The summed E-state index contributed by atoms with van der Waals surface area (Å²) in [6.45, 7) is -1.83. The molecule has 0 fully saturated rings. The summed E-state index contributed by atoms with van der Waals surface area (Å²) in [5.41, 5.74) is 4.87. The third kappa shape index (κ3) is 5.76. The van der Waals surface area contributed by atoms with Crippen LogP contribution in [0.5, 0.6) is 11.5 Å². The predicted octanol–water partition coefficient (Wildman–Crippen LogP) is 11.3. The van der Waals surface area contributed by atoms with Gasteiger partial charge in [-0.2, -0.15) is 5.10 Å². The fourth-order valence-electron chi connectivity index (χ4n) is 7.20. The number of rotatable bonds is 7. The Labute approximate surface area is 354 Å². The van der Waals surface area contributed by atoms with Crippen LogP contribution in [0.25, 0.3) is 55.9 Å². The van der Waals surface area contributed by atoms with Gasteiger partial charge in [0.25, 0.3) is 0 Å². The number of anilines is 2. The number of para-hydroxylation sites is 3. The zero-order valence-electron chi connectivity index (χ0n) is 42.5. The van der Waals surface area contributed by atoms with Crippen molar-refractivity contribution in [3.8, 4) is 56.4 Å². The molecule has 1 aliphatic heterocycles. The van der Waals surface area contributed by atoms with Crippen LogP contribution in [0.2, 0.25) is 6.75 Å². The van der Waals surface area contributed by atoms with Gasteiger partial charge in [0.15, 0.2) is 0 Å². The number of benzene rings is 6. The number of aryl methyl sites for hydroxylation is 1. The van der Waals surface area contributed by atoms with Crippen LogP contribution in [0.15, 0.2) is 176 Å². The molecule has 6 aromatic carbocycles. The standard InChI is InChI=1S/C47H35BN6O.Pt/c1-33-25-27-49-46(29-33)53-45-31-38(23-24-41(45)42-26-28-50-54(42)48(53)2)55-37-18-11-17-36(30-37)51-32-52(44-22-10-9-21-43(44)51)47-39(34-13-5-3-6-14-34)19-12-20-40(47)35-15-7-4-8-16-35;/h3-31H,1-2H3;/i2D3,3D,4D,5D,6D,7D,8D,13D,14D,15D,16D;. The fourth-order valence-corrected chi connectivity index (χ4v) is 8.30. The van der Waals surface area contributed by atoms with Crippen LogP contribution >= 0.6 is 0 Å². The Balaban J connectivity index is 1.16. The molecule has 0 saturated heterocycles. The van der Waals surface area contributed by atoms with Crippen molar-refractivity contribution in [2.45, 2.75) is 13.7 Å². The first-order valence-corrected chi connectivity index (χ1v) is 18.7. The number of fused-ring (bicyclic) bond motifs is 4. The summed E-state index contributed by atoms with van der Waals surface area (Å²) >= 11 is 2.12. The Morgan fingerprint density at radius 3 is 2.09 bits per heavy atom. The summed E-state index contributed by atoms with van der Waals surface area (Å²) < 4.78 is 125. The van der Waals surface area contributed by atoms with E-state index < -0.39 is 74.2 Å². The maximum absolute atomic E-state index is 9.04. The normalized spacial score (nSPS) is 15.7. The first-order chi connectivity index (χ1) is 32.9. The molecule has 56 heavy (non-hydrogen) atoms. The van der Waals surface area contributed by atoms with E-state index in [0.29, 0.717) is 49.2 Å². The number of pyridine rings is 1. The van der Waals surface area contributed by atoms with E-state index in [9.17, 15) is 0 Å². The minimum atomic E-state index is -2.52. The molecule has 7 nitrogen and oxygen atoms in total. The topological polar surface area (TPSA) is 53.0 Å². The SMILES string of the molecule is [2H]c1c([2H])c([2H])c(-c2cccc(-c3c([2H])c([2H])c([2H])c([2H])c3[2H])c2-n2[c](=[Pt])n(-c3cccc(Oc4ccc5c(c4)N(c4cc(C)ccn4)B(C([2H])([2H])[2H])n4nccc4-5)c3)c3ccccc32)c([2H])c1[2H]. The minimum absolute atomic E-state index is 0.141. The molecule has 4 heterocycles. The van der Waals surface area contributed by atoms with Gasteiger partial charge in [-0.25, -0.2) is 0 Å². The molecule has 0 N–H and O–H groups in total. The molecule has 0 saturated carbocycles. The fraction of sp³-hybridized carbons (Fsp3) is 0.0426. The second kappa shape index (κ2) is 14.0. The summed E-state index contributed by atoms with van der Waals surface area (Å²) in [6.07, 6.45) is 3.20. The van der Waals surface area contributed by atoms with Crippen LogP contribution in [-0.2, 0) is 19.4 Å². The van der Waals surface area contributed by atoms with Crippen LogP contribution < -0.4 is 9.55 Å². The monoisotopic (exact) mass is 918 g/mol. The van der Waals surface area contributed by atoms with Gasteiger partial charge in [0.2, 0.25) is 0 Å². The molecule has 9 aromatic rings. The molecule has 0 bridgehead atoms. The summed E-state index contributed by atoms with van der Waals surface area (Å²) in [6, 6.07) is 24.9. The summed E-state index contributed by atoms with van der Waals surface area (Å²) in [5.74, 6) is 1.24. The molecule has 0 unspecified atom stereocenters. The van der Waals surface area contributed by atoms with Gasteiger partial charge < -0.3 is 0 Å². The van der Waals surface area contributed by atoms with E-state index in [2.05, 4.69) is 29.4 Å². The van der Waals surface area contributed by atoms with E-state index in [1.807, 2.05) is 72.2 Å². The number of ether oxygens (including phenoxy) is 1. The molecule has 0 amide bonds. The summed E-state index contributed by atoms with van der Waals surface area (Å²) in [4.78, 5) is 6.25. The Hall–Kier alpha value is -6.50. The van der Waals surface area contributed by atoms with Crippen molar-refractivity contribution >= 4 is 29.5 Å². The molecule has 0 spiro atoms. The molecule has 3 aromatic heterocycles. The van der Waals surface area contributed by atoms with Crippen molar-refractivity contribution in [2.75, 3.05) is 4.81 Å². The zero-order valence-corrected chi connectivity index (χ0v) is 31.7. The number of aromatic nitrogens is 5. The number of nitrogens with zero attached hydrogens (tertiary/aromatic N) is 6. The maximum atomic E-state index is 9.04. The molecule has 9 heteroatoms. The van der Waals surface area contributed by atoms with E-state index in [1.165, 1.54) is 4.59 Å². The van der Waals surface area contributed by atoms with Crippen molar-refractivity contribution < 1.29 is 41.9 Å². The molecule has 0 atom stereocenters. The van der Waals surface area contributed by atoms with Gasteiger partial charge in [-0.15, -0.1) is 0 Å². The third-order valence-electron chi connectivity index (χ3n) is 9.61. The predicted molar refractivity (Wildman–Crippen MR) is 223 cm³/mol. The molecular weight excluding hydrogens is 870 g/mol. The van der Waals surface area contributed by atoms with Gasteiger partial charge in [-0.05, 0) is 18.6 Å². The number of hydrogen-bond acceptors (Lipinski definition) is 4. The third-order valence-corrected chi connectivity index (χ3v) is 10.6. The number of imidazole rings is 1. The first kappa shape index (κ1) is 22.8. The van der Waals surface area contributed by atoms with Crippen molar-refractivity contribution in [2.24, 2.45) is 0 Å². The van der Waals surface area contributed by atoms with Crippen LogP contribution in [0.3, 0.4) is 0 Å². The van der Waals surface area contributed by atoms with Crippen LogP contribution in [-0.4, -0.2) is 30.8 Å². The van der Waals surface area contributed by atoms with Crippen molar-refractivity contribution in [1.82, 2.24) is 23.8 Å². The molecule has 1 aliphatic rings. The average Bonchev–Trinajstić information content (AvgIpc) is 3.93. The van der Waals surface area contributed by atoms with Gasteiger partial charge in [-0.1, -0.05) is 0 Å². The molecule has 272 valence electrons. The second-order valence-corrected chi connectivity index (χ2v) is 14.0. The van der Waals surface area contributed by atoms with Gasteiger partial charge in [0.1, 0.15) is 0 Å². The second-order valence-electron chi connectivity index (χ2n) is 13.0. The molecule has 10 rings (SSSR count). The van der Waals surface area contributed by atoms with Crippen molar-refractivity contribution in [3.05, 3.63) is 185 Å². The van der Waals surface area contributed by atoms with Gasteiger partial charge in [-0.3, -0.25) is 0 Å². The zero-order chi connectivity index (χ0) is 49.0. The quantitative estimate of drug-likeness (QED) is 0.150. The van der Waals surface area contributed by atoms with E-state index >= 15 is 0 Å². The molecule has 0 aliphatic carbocycles. The van der Waals surface area contributed by atoms with E-state index in [1.54, 1.807) is 64.2 Å². The Morgan fingerprint density at radius 1 is 0.679 bits per heavy atom. The first-order valence-electron chi connectivity index (χ1n) is 24.0. The van der Waals surface area contributed by atoms with E-state index in [0.717, 1.165) is 11.1 Å². The van der Waals surface area contributed by atoms with Crippen molar-refractivity contribution in [3.63, 3.8) is 0 Å². The number of hydrogen-bond donors (Lipinski definition) is 0. The van der Waals surface area contributed by atoms with E-state index in [4.69, 9.17) is 22.6 Å². The van der Waals surface area contributed by atoms with E-state index in [-0.39, 0.29) is 27.9 Å². The van der Waals surface area contributed by atoms with Gasteiger partial charge >= 0.3 is 315 Å². The Bertz CT molecular complexity index is 3540. The summed E-state index contributed by atoms with van der Waals surface area (Å²) in [7, 11) is 0. The molecular formula is C47H35BN6OPt. The van der Waals surface area contributed by atoms with Crippen LogP contribution in [0.1, 0.15) is 23.4 Å². The Morgan fingerprint density at radius 2 is 1.38 bits per heavy atom. The molecule has 0 radical (unpaired) electrons. The van der Waals surface area contributed by atoms with Crippen molar-refractivity contribution in [1.29, 1.82) is 0 Å². The van der Waals surface area contributed by atoms with Gasteiger partial charge in [0, 0.05) is 16.5 Å². The Kier molecular flexibility index (Phi) is 5.68.